The molecule has 0 saturated heterocycles. The highest BCUT2D eigenvalue weighted by Crippen LogP contribution is 2.09. The Bertz CT molecular complexity index is 474. The molecule has 0 bridgehead atoms. The van der Waals surface area contributed by atoms with Crippen molar-refractivity contribution in [3.63, 3.8) is 0 Å². The third-order valence-electron chi connectivity index (χ3n) is 3.82. The first-order valence-corrected chi connectivity index (χ1v) is 8.22. The number of nitrogens with one attached hydrogen (secondary N) is 1. The van der Waals surface area contributed by atoms with E-state index < -0.39 is 0 Å². The lowest BCUT2D eigenvalue weighted by Crippen LogP contribution is -2.40. The second-order valence-corrected chi connectivity index (χ2v) is 5.62. The van der Waals surface area contributed by atoms with Gasteiger partial charge in [0.25, 0.3) is 0 Å². The highest BCUT2D eigenvalue weighted by atomic mass is 35.5. The van der Waals surface area contributed by atoms with Crippen molar-refractivity contribution in [1.29, 1.82) is 0 Å². The largest absolute Gasteiger partial charge is 0.352 e. The van der Waals surface area contributed by atoms with Crippen LogP contribution in [0.2, 0.25) is 0 Å². The molecule has 23 heavy (non-hydrogen) atoms. The summed E-state index contributed by atoms with van der Waals surface area (Å²) in [5.41, 5.74) is 7.53. The number of nitrogens with two attached hydrogens (primary N) is 1. The molecule has 1 aromatic rings. The molecule has 130 valence electrons. The Hall–Kier alpha value is -1.39. The predicted molar refractivity (Wildman–Crippen MR) is 97.1 cm³/mol. The van der Waals surface area contributed by atoms with Crippen LogP contribution in [0.4, 0.5) is 0 Å². The van der Waals surface area contributed by atoms with Gasteiger partial charge in [0, 0.05) is 31.0 Å². The standard InChI is InChI=1S/C18H28N2O2.ClH/c1-3-5-6-16(13-19)20-18(22)12-11-17(21)15-9-7-14(4-2)8-10-15;/h7-10,16H,3-6,11-13,19H2,1-2H3,(H,20,22);1H. The molecule has 5 heteroatoms. The van der Waals surface area contributed by atoms with Crippen LogP contribution in [0, 0.1) is 0 Å². The molecule has 0 radical (unpaired) electrons. The van der Waals surface area contributed by atoms with Gasteiger partial charge < -0.3 is 11.1 Å². The number of hydrogen-bond acceptors (Lipinski definition) is 3. The van der Waals surface area contributed by atoms with E-state index in [1.54, 1.807) is 0 Å². The predicted octanol–water partition coefficient (Wildman–Crippen LogP) is 3.27. The maximum absolute atomic E-state index is 12.1. The van der Waals surface area contributed by atoms with Gasteiger partial charge in [0.1, 0.15) is 0 Å². The van der Waals surface area contributed by atoms with Crippen molar-refractivity contribution in [2.75, 3.05) is 6.54 Å². The van der Waals surface area contributed by atoms with Crippen molar-refractivity contribution in [2.45, 2.75) is 58.4 Å². The summed E-state index contributed by atoms with van der Waals surface area (Å²) in [4.78, 5) is 24.0. The van der Waals surface area contributed by atoms with Crippen LogP contribution in [-0.2, 0) is 11.2 Å². The van der Waals surface area contributed by atoms with Gasteiger partial charge in [-0.3, -0.25) is 9.59 Å². The van der Waals surface area contributed by atoms with Crippen molar-refractivity contribution in [3.8, 4) is 0 Å². The molecule has 1 rings (SSSR count). The summed E-state index contributed by atoms with van der Waals surface area (Å²) in [6, 6.07) is 7.61. The third-order valence-corrected chi connectivity index (χ3v) is 3.82. The summed E-state index contributed by atoms with van der Waals surface area (Å²) in [6.07, 6.45) is 4.43. The van der Waals surface area contributed by atoms with Gasteiger partial charge >= 0.3 is 0 Å². The fraction of sp³-hybridized carbons (Fsp3) is 0.556. The fourth-order valence-electron chi connectivity index (χ4n) is 2.30. The van der Waals surface area contributed by atoms with E-state index in [0.29, 0.717) is 12.1 Å². The molecule has 0 aliphatic heterocycles. The van der Waals surface area contributed by atoms with E-state index in [2.05, 4.69) is 19.2 Å². The van der Waals surface area contributed by atoms with E-state index in [1.807, 2.05) is 24.3 Å². The third kappa shape index (κ3) is 8.14. The summed E-state index contributed by atoms with van der Waals surface area (Å²) in [6.45, 7) is 4.63. The number of ketones is 1. The van der Waals surface area contributed by atoms with Gasteiger partial charge in [-0.1, -0.05) is 51.0 Å². The number of Topliss-reactive ketones (excluding diaryl/α,β-unsaturated/α-hetero) is 1. The first-order chi connectivity index (χ1) is 10.6. The zero-order valence-electron chi connectivity index (χ0n) is 14.1. The molecular weight excluding hydrogens is 312 g/mol. The molecule has 3 N–H and O–H groups in total. The lowest BCUT2D eigenvalue weighted by Gasteiger charge is -2.16. The highest BCUT2D eigenvalue weighted by molar-refractivity contribution is 5.98. The number of carbonyl (C=O) groups is 2. The number of benzene rings is 1. The number of halogens is 1. The van der Waals surface area contributed by atoms with Crippen molar-refractivity contribution >= 4 is 24.1 Å². The van der Waals surface area contributed by atoms with E-state index in [1.165, 1.54) is 5.56 Å². The molecule has 4 nitrogen and oxygen atoms in total. The summed E-state index contributed by atoms with van der Waals surface area (Å²) < 4.78 is 0. The van der Waals surface area contributed by atoms with Gasteiger partial charge in [-0.15, -0.1) is 12.4 Å². The maximum atomic E-state index is 12.1. The Morgan fingerprint density at radius 3 is 2.30 bits per heavy atom. The molecule has 0 aliphatic rings. The van der Waals surface area contributed by atoms with Crippen LogP contribution in [0.25, 0.3) is 0 Å². The lowest BCUT2D eigenvalue weighted by molar-refractivity contribution is -0.121. The number of hydrogen-bond donors (Lipinski definition) is 2. The molecule has 1 aromatic carbocycles. The van der Waals surface area contributed by atoms with Crippen LogP contribution in [-0.4, -0.2) is 24.3 Å². The number of unbranched alkanes of at least 4 members (excludes halogenated alkanes) is 1. The topological polar surface area (TPSA) is 72.2 Å². The Labute approximate surface area is 145 Å². The smallest absolute Gasteiger partial charge is 0.220 e. The van der Waals surface area contributed by atoms with Crippen LogP contribution in [0.1, 0.15) is 61.9 Å². The van der Waals surface area contributed by atoms with Gasteiger partial charge in [0.2, 0.25) is 5.91 Å². The minimum Gasteiger partial charge on any atom is -0.352 e. The first-order valence-electron chi connectivity index (χ1n) is 8.22. The average molecular weight is 341 g/mol. The van der Waals surface area contributed by atoms with Gasteiger partial charge in [0.05, 0.1) is 0 Å². The van der Waals surface area contributed by atoms with E-state index in [9.17, 15) is 9.59 Å². The van der Waals surface area contributed by atoms with Crippen LogP contribution < -0.4 is 11.1 Å². The van der Waals surface area contributed by atoms with Crippen LogP contribution in [0.3, 0.4) is 0 Å². The SMILES string of the molecule is CCCCC(CN)NC(=O)CCC(=O)c1ccc(CC)cc1.Cl. The van der Waals surface area contributed by atoms with Crippen molar-refractivity contribution < 1.29 is 9.59 Å². The minimum atomic E-state index is -0.0925. The molecule has 0 saturated carbocycles. The van der Waals surface area contributed by atoms with Crippen LogP contribution >= 0.6 is 12.4 Å². The summed E-state index contributed by atoms with van der Waals surface area (Å²) in [5.74, 6) is -0.0826. The molecule has 0 heterocycles. The van der Waals surface area contributed by atoms with E-state index in [-0.39, 0.29) is 43.0 Å². The second kappa shape index (κ2) is 12.1. The molecular formula is C18H29ClN2O2. The number of carbonyl (C=O) groups excluding carboxylic acids is 2. The Morgan fingerprint density at radius 2 is 1.78 bits per heavy atom. The van der Waals surface area contributed by atoms with E-state index in [0.717, 1.165) is 25.7 Å². The first kappa shape index (κ1) is 21.6. The second-order valence-electron chi connectivity index (χ2n) is 5.62. The zero-order chi connectivity index (χ0) is 16.4. The quantitative estimate of drug-likeness (QED) is 0.642. The molecule has 0 aliphatic carbocycles. The Balaban J connectivity index is 0.00000484. The molecule has 0 fully saturated rings. The normalized spacial score (nSPS) is 11.4. The molecule has 0 aromatic heterocycles. The van der Waals surface area contributed by atoms with Gasteiger partial charge in [-0.25, -0.2) is 0 Å². The fourth-order valence-corrected chi connectivity index (χ4v) is 2.30. The minimum absolute atomic E-state index is 0. The number of amides is 1. The van der Waals surface area contributed by atoms with E-state index in [4.69, 9.17) is 5.73 Å². The number of aryl methyl sites for hydroxylation is 1. The van der Waals surface area contributed by atoms with Crippen molar-refractivity contribution in [1.82, 2.24) is 5.32 Å². The van der Waals surface area contributed by atoms with Gasteiger partial charge in [-0.05, 0) is 18.4 Å². The molecule has 1 unspecified atom stereocenters. The monoisotopic (exact) mass is 340 g/mol. The van der Waals surface area contributed by atoms with Gasteiger partial charge in [-0.2, -0.15) is 0 Å². The summed E-state index contributed by atoms with van der Waals surface area (Å²) in [7, 11) is 0. The number of rotatable bonds is 10. The van der Waals surface area contributed by atoms with Crippen molar-refractivity contribution in [2.24, 2.45) is 5.73 Å². The van der Waals surface area contributed by atoms with Crippen molar-refractivity contribution in [3.05, 3.63) is 35.4 Å². The van der Waals surface area contributed by atoms with Crippen LogP contribution in [0.15, 0.2) is 24.3 Å². The molecule has 1 amide bonds. The Kier molecular flexibility index (Phi) is 11.4. The van der Waals surface area contributed by atoms with Gasteiger partial charge in [0.15, 0.2) is 5.78 Å². The molecule has 1 atom stereocenters. The molecule has 0 spiro atoms. The van der Waals surface area contributed by atoms with Crippen LogP contribution in [0.5, 0.6) is 0 Å². The summed E-state index contributed by atoms with van der Waals surface area (Å²) in [5, 5.41) is 2.91. The average Bonchev–Trinajstić information content (AvgIpc) is 2.56. The summed E-state index contributed by atoms with van der Waals surface area (Å²) >= 11 is 0. The Morgan fingerprint density at radius 1 is 1.13 bits per heavy atom. The van der Waals surface area contributed by atoms with E-state index >= 15 is 0 Å². The zero-order valence-corrected chi connectivity index (χ0v) is 15.0. The lowest BCUT2D eigenvalue weighted by atomic mass is 10.0. The maximum Gasteiger partial charge on any atom is 0.220 e. The highest BCUT2D eigenvalue weighted by Gasteiger charge is 2.13.